The summed E-state index contributed by atoms with van der Waals surface area (Å²) in [5, 5.41) is 17.3. The van der Waals surface area contributed by atoms with Gasteiger partial charge in [0.2, 0.25) is 0 Å². The van der Waals surface area contributed by atoms with Crippen LogP contribution in [0.5, 0.6) is 11.5 Å². The van der Waals surface area contributed by atoms with Gasteiger partial charge in [-0.25, -0.2) is 8.78 Å². The summed E-state index contributed by atoms with van der Waals surface area (Å²) in [4.78, 5) is 17.9. The standard InChI is InChI=1S/C18H19ClFNO.C18H18ClNO.C11H12ClNO.C11H13NO.C7H5BrClF.CH4/c19-16-6-7-17(20)15(10-16)11-18(22)8-9-21(13-18)12-14-4-2-1-3-5-14;19-16-6-7-17-15(10-16)11-18(21-17)8-9-20(13-18)12-14-4-2-1-3-5-14;12-9-1-2-10-8(5-9)6-11(14-10)3-4-13-7-11;13-11-6-7-12(9-11)8-10-4-2-1-3-5-10;8-4-5-3-6(9)1-2-7(5)10;/h1-7,10,22H,8-9,11-13H2;1-7,10H,8-9,11-13H2;1-2,5,13H,3-4,6-7H2;1-5H,6-9H2;1-3H,4H2;1H4. The van der Waals surface area contributed by atoms with Crippen molar-refractivity contribution in [2.24, 2.45) is 0 Å². The Hall–Kier alpha value is -4.89. The molecule has 81 heavy (non-hydrogen) atoms. The monoisotopic (exact) mass is 1240 g/mol. The maximum absolute atomic E-state index is 13.9. The number of ketones is 1. The molecule has 6 heterocycles. The predicted octanol–water partition coefficient (Wildman–Crippen LogP) is 15.1. The normalized spacial score (nSPS) is 21.5. The number of benzene rings is 7. The first-order valence-corrected chi connectivity index (χ1v) is 29.9. The number of ether oxygens (including phenoxy) is 2. The number of alkyl halides is 1. The second-order valence-electron chi connectivity index (χ2n) is 21.7. The highest BCUT2D eigenvalue weighted by Gasteiger charge is 2.45. The van der Waals surface area contributed by atoms with Gasteiger partial charge in [0.15, 0.2) is 0 Å². The number of likely N-dealkylation sites (tertiary alicyclic amines) is 3. The largest absolute Gasteiger partial charge is 0.485 e. The average molecular weight is 1240 g/mol. The molecular weight excluding hydrogens is 1170 g/mol. The van der Waals surface area contributed by atoms with Crippen molar-refractivity contribution in [2.45, 2.75) is 94.1 Å². The molecule has 7 aromatic rings. The first-order valence-electron chi connectivity index (χ1n) is 27.2. The fourth-order valence-electron chi connectivity index (χ4n) is 11.3. The second kappa shape index (κ2) is 29.1. The van der Waals surface area contributed by atoms with Crippen LogP contribution >= 0.6 is 62.3 Å². The van der Waals surface area contributed by atoms with Crippen LogP contribution in [0.25, 0.3) is 0 Å². The lowest BCUT2D eigenvalue weighted by Gasteiger charge is -2.24. The van der Waals surface area contributed by atoms with Crippen molar-refractivity contribution in [2.75, 3.05) is 52.4 Å². The van der Waals surface area contributed by atoms with E-state index in [1.54, 1.807) is 12.1 Å². The third kappa shape index (κ3) is 17.8. The number of nitrogens with one attached hydrogen (secondary N) is 1. The van der Waals surface area contributed by atoms with E-state index in [0.29, 0.717) is 58.2 Å². The van der Waals surface area contributed by atoms with Gasteiger partial charge in [0.25, 0.3) is 0 Å². The fourth-order valence-corrected chi connectivity index (χ4v) is 12.5. The predicted molar refractivity (Wildman–Crippen MR) is 329 cm³/mol. The van der Waals surface area contributed by atoms with Gasteiger partial charge in [-0.15, -0.1) is 0 Å². The lowest BCUT2D eigenvalue weighted by molar-refractivity contribution is -0.116. The minimum absolute atomic E-state index is 0. The van der Waals surface area contributed by atoms with Crippen molar-refractivity contribution in [1.29, 1.82) is 0 Å². The number of rotatable bonds is 9. The summed E-state index contributed by atoms with van der Waals surface area (Å²) in [6.07, 6.45) is 5.83. The molecule has 3 atom stereocenters. The minimum atomic E-state index is -0.889. The summed E-state index contributed by atoms with van der Waals surface area (Å²) < 4.78 is 38.8. The number of Topliss-reactive ketones (excluding diaryl/α,β-unsaturated/α-hetero) is 1. The lowest BCUT2D eigenvalue weighted by Crippen LogP contribution is -2.37. The quantitative estimate of drug-likeness (QED) is 0.138. The summed E-state index contributed by atoms with van der Waals surface area (Å²) in [6, 6.07) is 51.9. The molecule has 0 aromatic heterocycles. The Morgan fingerprint density at radius 2 is 1.02 bits per heavy atom. The fraction of sp³-hybridized carbons (Fsp3) is 0.348. The molecule has 7 aromatic carbocycles. The van der Waals surface area contributed by atoms with E-state index >= 15 is 0 Å². The molecule has 15 heteroatoms. The Kier molecular flexibility index (Phi) is 22.3. The zero-order valence-electron chi connectivity index (χ0n) is 44.7. The minimum Gasteiger partial charge on any atom is -0.485 e. The van der Waals surface area contributed by atoms with Crippen LogP contribution in [0.4, 0.5) is 8.78 Å². The van der Waals surface area contributed by atoms with Gasteiger partial charge in [-0.05, 0) is 125 Å². The van der Waals surface area contributed by atoms with Crippen molar-refractivity contribution in [1.82, 2.24) is 20.0 Å². The van der Waals surface area contributed by atoms with Gasteiger partial charge < -0.3 is 19.9 Å². The smallest absolute Gasteiger partial charge is 0.148 e. The van der Waals surface area contributed by atoms with Crippen LogP contribution < -0.4 is 14.8 Å². The zero-order chi connectivity index (χ0) is 56.1. The summed E-state index contributed by atoms with van der Waals surface area (Å²) in [6.45, 7) is 9.74. The Morgan fingerprint density at radius 3 is 1.53 bits per heavy atom. The van der Waals surface area contributed by atoms with E-state index in [1.165, 1.54) is 52.1 Å². The van der Waals surface area contributed by atoms with Crippen LogP contribution in [0.3, 0.4) is 0 Å². The summed E-state index contributed by atoms with van der Waals surface area (Å²) in [5.41, 5.74) is 6.55. The molecule has 2 N–H and O–H groups in total. The van der Waals surface area contributed by atoms with E-state index in [9.17, 15) is 18.7 Å². The van der Waals surface area contributed by atoms with Gasteiger partial charge in [-0.1, -0.05) is 161 Å². The number of aliphatic hydroxyl groups is 1. The lowest BCUT2D eigenvalue weighted by atomic mass is 9.93. The van der Waals surface area contributed by atoms with Gasteiger partial charge in [0, 0.05) is 123 Å². The molecule has 0 saturated carbocycles. The van der Waals surface area contributed by atoms with Crippen LogP contribution in [0.15, 0.2) is 164 Å². The number of halogens is 7. The SMILES string of the molecule is C.Clc1ccc2c(c1)CC1(CCN(Cc3ccccc3)C1)O2.Clc1ccc2c(c1)CC1(CCNC1)O2.Fc1ccc(Cl)cc1CBr.O=C1CCN(Cc2ccccc2)C1.OC1(Cc2cc(Cl)ccc2F)CCN(Cc2ccccc2)C1. The molecule has 3 unspecified atom stereocenters. The number of β-amino-alcohol motifs (C(OH)–C–C–N with tert-alkyl or cyclic N) is 1. The van der Waals surface area contributed by atoms with Crippen LogP contribution in [0, 0.1) is 11.6 Å². The molecule has 2 spiro atoms. The van der Waals surface area contributed by atoms with Crippen molar-refractivity contribution in [3.05, 3.63) is 234 Å². The van der Waals surface area contributed by atoms with Crippen LogP contribution in [0.2, 0.25) is 20.1 Å². The van der Waals surface area contributed by atoms with Crippen LogP contribution in [-0.4, -0.2) is 94.8 Å². The summed E-state index contributed by atoms with van der Waals surface area (Å²) in [5.74, 6) is 1.87. The molecule has 0 bridgehead atoms. The highest BCUT2D eigenvalue weighted by molar-refractivity contribution is 9.08. The Bertz CT molecular complexity index is 3160. The summed E-state index contributed by atoms with van der Waals surface area (Å²) in [7, 11) is 0. The maximum Gasteiger partial charge on any atom is 0.148 e. The Balaban J connectivity index is 0.000000136. The Morgan fingerprint density at radius 1 is 0.556 bits per heavy atom. The second-order valence-corrected chi connectivity index (χ2v) is 24.0. The number of hydrogen-bond acceptors (Lipinski definition) is 8. The molecule has 428 valence electrons. The van der Waals surface area contributed by atoms with Gasteiger partial charge in [0.1, 0.15) is 40.1 Å². The van der Waals surface area contributed by atoms with Crippen molar-refractivity contribution in [3.63, 3.8) is 0 Å². The molecule has 4 fully saturated rings. The summed E-state index contributed by atoms with van der Waals surface area (Å²) >= 11 is 26.7. The topological polar surface area (TPSA) is 77.5 Å². The average Bonchev–Trinajstić information content (AvgIpc) is 4.45. The molecule has 0 aliphatic carbocycles. The first kappa shape index (κ1) is 62.2. The van der Waals surface area contributed by atoms with Crippen molar-refractivity contribution in [3.8, 4) is 11.5 Å². The van der Waals surface area contributed by atoms with Crippen molar-refractivity contribution >= 4 is 68.1 Å². The third-order valence-electron chi connectivity index (χ3n) is 15.3. The molecule has 0 radical (unpaired) electrons. The van der Waals surface area contributed by atoms with E-state index in [4.69, 9.17) is 55.9 Å². The van der Waals surface area contributed by atoms with Crippen LogP contribution in [-0.2, 0) is 49.0 Å². The molecule has 6 aliphatic rings. The molecule has 4 saturated heterocycles. The van der Waals surface area contributed by atoms with E-state index in [1.807, 2.05) is 72.8 Å². The van der Waals surface area contributed by atoms with Gasteiger partial charge in [-0.2, -0.15) is 0 Å². The number of nitrogens with zero attached hydrogens (tertiary/aromatic N) is 3. The highest BCUT2D eigenvalue weighted by atomic mass is 79.9. The van der Waals surface area contributed by atoms with E-state index in [-0.39, 0.29) is 30.3 Å². The maximum atomic E-state index is 13.9. The van der Waals surface area contributed by atoms with E-state index in [0.717, 1.165) is 113 Å². The molecule has 0 amide bonds. The highest BCUT2D eigenvalue weighted by Crippen LogP contribution is 2.42. The van der Waals surface area contributed by atoms with Crippen molar-refractivity contribution < 1.29 is 28.2 Å². The zero-order valence-corrected chi connectivity index (χ0v) is 49.3. The number of carbonyl (C=O) groups is 1. The molecular formula is C66H71BrCl4F2N4O4. The van der Waals surface area contributed by atoms with E-state index < -0.39 is 5.60 Å². The van der Waals surface area contributed by atoms with E-state index in [2.05, 4.69) is 90.5 Å². The van der Waals surface area contributed by atoms with Gasteiger partial charge >= 0.3 is 0 Å². The number of hydrogen-bond donors (Lipinski definition) is 2. The number of carbonyl (C=O) groups excluding carboxylic acids is 1. The van der Waals surface area contributed by atoms with Gasteiger partial charge in [-0.3, -0.25) is 19.5 Å². The third-order valence-corrected chi connectivity index (χ3v) is 16.8. The number of fused-ring (bicyclic) bond motifs is 2. The first-order chi connectivity index (χ1) is 38.6. The van der Waals surface area contributed by atoms with Crippen LogP contribution in [0.1, 0.15) is 72.1 Å². The van der Waals surface area contributed by atoms with Gasteiger partial charge in [0.05, 0.1) is 12.1 Å². The molecule has 6 aliphatic heterocycles. The Labute approximate surface area is 505 Å². The molecule has 8 nitrogen and oxygen atoms in total. The molecule has 13 rings (SSSR count).